The number of hydrogen-bond donors (Lipinski definition) is 1. The van der Waals surface area contributed by atoms with Crippen molar-refractivity contribution in [3.63, 3.8) is 0 Å². The van der Waals surface area contributed by atoms with Gasteiger partial charge in [0.15, 0.2) is 0 Å². The monoisotopic (exact) mass is 1960 g/mol. The van der Waals surface area contributed by atoms with E-state index in [2.05, 4.69) is 64.0 Å². The maximum Gasteiger partial charge on any atom is 0.490 e. The van der Waals surface area contributed by atoms with Gasteiger partial charge in [0.2, 0.25) is 0 Å². The van der Waals surface area contributed by atoms with Gasteiger partial charge in [0.1, 0.15) is 28.0 Å². The van der Waals surface area contributed by atoms with Crippen LogP contribution in [0.2, 0.25) is 0 Å². The van der Waals surface area contributed by atoms with Gasteiger partial charge in [-0.3, -0.25) is 0 Å². The van der Waals surface area contributed by atoms with Gasteiger partial charge >= 0.3 is 55.5 Å². The molecular weight excluding hydrogens is 1790 g/mol. The topological polar surface area (TPSA) is 265 Å². The number of benzene rings is 5. The maximum atomic E-state index is 12.1. The summed E-state index contributed by atoms with van der Waals surface area (Å²) in [6.07, 6.45) is 10.1. The molecule has 6 aliphatic heterocycles. The highest BCUT2D eigenvalue weighted by Gasteiger charge is 2.53. The lowest BCUT2D eigenvalue weighted by molar-refractivity contribution is 0.00578. The van der Waals surface area contributed by atoms with Crippen molar-refractivity contribution in [1.82, 2.24) is 24.5 Å². The highest BCUT2D eigenvalue weighted by Crippen LogP contribution is 2.41. The number of amides is 5. The number of esters is 3. The van der Waals surface area contributed by atoms with Gasteiger partial charge < -0.3 is 76.8 Å². The number of alkyl halides is 1. The summed E-state index contributed by atoms with van der Waals surface area (Å²) >= 11 is 3.52. The first kappa shape index (κ1) is 125. The van der Waals surface area contributed by atoms with Crippen molar-refractivity contribution in [3.05, 3.63) is 192 Å². The summed E-state index contributed by atoms with van der Waals surface area (Å²) in [5.41, 5.74) is 14.9. The number of nitrogens with zero attached hydrogens (tertiary/aromatic N) is 5. The molecule has 4 fully saturated rings. The van der Waals surface area contributed by atoms with Gasteiger partial charge in [0.05, 0.1) is 55.8 Å². The molecule has 0 atom stereocenters. The lowest BCUT2D eigenvalue weighted by Gasteiger charge is -2.33. The molecule has 1 N–H and O–H groups in total. The molecule has 6 heterocycles. The average molecular weight is 1960 g/mol. The fraction of sp³-hybridized carbons (Fsp3) is 0.618. The van der Waals surface area contributed by atoms with Crippen molar-refractivity contribution in [3.8, 4) is 0 Å². The second kappa shape index (κ2) is 59.3. The SMILES string of the molecule is CC.CC.CC.CC.CC.CC(C)(C)OC(=O)N1CC=C(B2OC(C)(C)C(C)(C)O2)CC1.COC(=O)c1ccc(C)cc1C.COC(=O)c1ccc(C2=CCN(C(=O)OC(C)(C)C)CC2)cc1C.COC(=O)c1ccc(C2CCN(C(=O)OC(C)(C)C)CC2)cc1C.Cc1cc(C2CCN(C(=O)OC(C)(C)C)CC2)ccc1CBr.Cc1cc(C2CCN(C(=O)OC(C)(C)C)CC2)ccc1CO. The van der Waals surface area contributed by atoms with Crippen LogP contribution in [-0.2, 0) is 59.1 Å². The van der Waals surface area contributed by atoms with E-state index in [9.17, 15) is 43.5 Å². The predicted molar refractivity (Wildman–Crippen MR) is 556 cm³/mol. The number of hydrogen-bond acceptors (Lipinski definition) is 19. The summed E-state index contributed by atoms with van der Waals surface area (Å²) in [5.74, 6) is 0.514. The van der Waals surface area contributed by atoms with Crippen LogP contribution < -0.4 is 0 Å². The second-order valence-electron chi connectivity index (χ2n) is 39.2. The van der Waals surface area contributed by atoms with Crippen LogP contribution in [0, 0.1) is 41.5 Å². The largest absolute Gasteiger partial charge is 0.490 e. The number of carbonyl (C=O) groups excluding carboxylic acids is 8. The summed E-state index contributed by atoms with van der Waals surface area (Å²) in [4.78, 5) is 104. The molecule has 4 saturated heterocycles. The van der Waals surface area contributed by atoms with Crippen LogP contribution in [0.1, 0.15) is 368 Å². The van der Waals surface area contributed by atoms with E-state index in [-0.39, 0.29) is 73.3 Å². The number of halogens is 1. The van der Waals surface area contributed by atoms with Gasteiger partial charge in [-0.25, -0.2) is 38.4 Å². The Morgan fingerprint density at radius 2 is 0.662 bits per heavy atom. The number of aliphatic hydroxyl groups excluding tert-OH is 1. The fourth-order valence-electron chi connectivity index (χ4n) is 14.9. The predicted octanol–water partition coefficient (Wildman–Crippen LogP) is 26.7. The van der Waals surface area contributed by atoms with E-state index in [1.54, 1.807) is 31.7 Å². The molecule has 11 rings (SSSR count). The van der Waals surface area contributed by atoms with E-state index in [4.69, 9.17) is 42.5 Å². The number of likely N-dealkylation sites (tertiary alicyclic amines) is 3. The first-order valence-electron chi connectivity index (χ1n) is 49.1. The summed E-state index contributed by atoms with van der Waals surface area (Å²) in [7, 11) is 3.85. The van der Waals surface area contributed by atoms with E-state index in [0.717, 1.165) is 127 Å². The number of aryl methyl sites for hydroxylation is 6. The standard InChI is InChI=1S/C19H27NO4.C19H25NO4.C18H26BrNO2.C18H27NO3.C16H28BNO4.C10H12O2.5C2H6/c2*1-13-12-15(6-7-16(13)17(21)23-5)14-8-10-20(11-9-14)18(22)24-19(2,3)4;1-13-11-15(5-6-16(13)12-19)14-7-9-20(10-8-14)17(21)22-18(2,3)4;1-13-11-15(5-6-16(13)12-20)14-7-9-19(10-8-14)17(21)22-18(2,3)4;1-14(2,3)20-13(19)18-10-8-12(9-11-18)17-21-15(4,5)16(6,7)22-17;1-7-4-5-9(8(2)6-7)10(11)12-3;5*1-2/h6-7,12,14H,8-11H2,1-5H3;6-8,12H,9-11H2,1-5H3;5-6,11,14H,7-10,12H2,1-4H3;5-6,11,14,20H,7-10,12H2,1-4H3;8H,9-11H2,1-7H3;4-6H,1-3H3;5*1-2H3. The van der Waals surface area contributed by atoms with Crippen molar-refractivity contribution in [1.29, 1.82) is 0 Å². The molecule has 5 aromatic rings. The summed E-state index contributed by atoms with van der Waals surface area (Å²) in [5, 5.41) is 10.1. The molecule has 5 aromatic carbocycles. The van der Waals surface area contributed by atoms with E-state index in [1.165, 1.54) is 54.7 Å². The molecule has 136 heavy (non-hydrogen) atoms. The molecule has 0 saturated carbocycles. The number of methoxy groups -OCH3 is 3. The Kier molecular flexibility index (Phi) is 54.4. The molecule has 0 aliphatic carbocycles. The molecule has 764 valence electrons. The van der Waals surface area contributed by atoms with Crippen LogP contribution in [0.15, 0.2) is 109 Å². The third kappa shape index (κ3) is 42.6. The Balaban J connectivity index is 0.000000806. The number of ether oxygens (including phenoxy) is 8. The Labute approximate surface area is 828 Å². The number of aliphatic hydroxyl groups is 1. The third-order valence-electron chi connectivity index (χ3n) is 22.7. The van der Waals surface area contributed by atoms with Gasteiger partial charge in [-0.2, -0.15) is 0 Å². The molecule has 26 heteroatoms. The van der Waals surface area contributed by atoms with Gasteiger partial charge in [-0.05, 0) is 333 Å². The molecule has 24 nitrogen and oxygen atoms in total. The molecule has 0 bridgehead atoms. The van der Waals surface area contributed by atoms with Gasteiger partial charge in [0, 0.05) is 70.8 Å². The normalized spacial score (nSPS) is 15.8. The third-order valence-corrected chi connectivity index (χ3v) is 23.3. The second-order valence-corrected chi connectivity index (χ2v) is 39.8. The number of rotatable bonds is 10. The van der Waals surface area contributed by atoms with Gasteiger partial charge in [-0.1, -0.05) is 176 Å². The zero-order valence-electron chi connectivity index (χ0n) is 90.7. The van der Waals surface area contributed by atoms with Crippen molar-refractivity contribution < 1.29 is 90.7 Å². The Hall–Kier alpha value is -9.24. The first-order valence-corrected chi connectivity index (χ1v) is 50.2. The maximum absolute atomic E-state index is 12.1. The summed E-state index contributed by atoms with van der Waals surface area (Å²) in [6.45, 7) is 75.2. The number of carbonyl (C=O) groups is 8. The van der Waals surface area contributed by atoms with Crippen molar-refractivity contribution >= 4 is 77.0 Å². The van der Waals surface area contributed by atoms with E-state index in [1.807, 2.05) is 295 Å². The molecule has 0 spiro atoms. The summed E-state index contributed by atoms with van der Waals surface area (Å²) < 4.78 is 53.4. The zero-order chi connectivity index (χ0) is 104. The van der Waals surface area contributed by atoms with E-state index < -0.39 is 28.0 Å². The molecular formula is C110H175BBrN5O19. The van der Waals surface area contributed by atoms with Gasteiger partial charge in [0.25, 0.3) is 0 Å². The van der Waals surface area contributed by atoms with Gasteiger partial charge in [-0.15, -0.1) is 0 Å². The van der Waals surface area contributed by atoms with Crippen LogP contribution in [0.5, 0.6) is 0 Å². The highest BCUT2D eigenvalue weighted by atomic mass is 79.9. The Bertz CT molecular complexity index is 4480. The Morgan fingerprint density at radius 3 is 0.934 bits per heavy atom. The first-order chi connectivity index (χ1) is 63.6. The van der Waals surface area contributed by atoms with Crippen LogP contribution in [0.4, 0.5) is 24.0 Å². The lowest BCUT2D eigenvalue weighted by atomic mass is 9.75. The van der Waals surface area contributed by atoms with Crippen molar-refractivity contribution in [2.75, 3.05) is 86.8 Å². The molecule has 5 amide bonds. The Morgan fingerprint density at radius 1 is 0.375 bits per heavy atom. The molecule has 0 radical (unpaired) electrons. The zero-order valence-corrected chi connectivity index (χ0v) is 92.3. The van der Waals surface area contributed by atoms with E-state index >= 15 is 0 Å². The summed E-state index contributed by atoms with van der Waals surface area (Å²) in [6, 6.07) is 30.2. The smallest absolute Gasteiger partial charge is 0.465 e. The highest BCUT2D eigenvalue weighted by molar-refractivity contribution is 9.08. The number of piperidine rings is 3. The van der Waals surface area contributed by atoms with Crippen LogP contribution >= 0.6 is 15.9 Å². The van der Waals surface area contributed by atoms with Crippen LogP contribution in [0.3, 0.4) is 0 Å². The van der Waals surface area contributed by atoms with Crippen LogP contribution in [0.25, 0.3) is 5.57 Å². The molecule has 6 aliphatic rings. The minimum Gasteiger partial charge on any atom is -0.465 e. The molecule has 0 aromatic heterocycles. The lowest BCUT2D eigenvalue weighted by Crippen LogP contribution is -2.41. The molecule has 0 unspecified atom stereocenters. The van der Waals surface area contributed by atoms with Crippen molar-refractivity contribution in [2.24, 2.45) is 0 Å². The minimum atomic E-state index is -0.484. The van der Waals surface area contributed by atoms with Crippen LogP contribution in [-0.4, -0.2) is 211 Å². The van der Waals surface area contributed by atoms with Crippen molar-refractivity contribution in [2.45, 2.75) is 363 Å². The quantitative estimate of drug-likeness (QED) is 0.0589. The van der Waals surface area contributed by atoms with E-state index in [0.29, 0.717) is 73.7 Å². The average Bonchev–Trinajstić information content (AvgIpc) is 1.62. The minimum absolute atomic E-state index is 0.0865. The fourth-order valence-corrected chi connectivity index (χ4v) is 15.5.